The molecule has 0 aromatic rings. The Morgan fingerprint density at radius 3 is 2.60 bits per heavy atom. The second kappa shape index (κ2) is 3.30. The molecule has 0 aromatic carbocycles. The zero-order valence-corrected chi connectivity index (χ0v) is 7.21. The van der Waals surface area contributed by atoms with Crippen LogP contribution in [0.3, 0.4) is 0 Å². The van der Waals surface area contributed by atoms with Crippen LogP contribution in [0.25, 0.3) is 0 Å². The van der Waals surface area contributed by atoms with Gasteiger partial charge < -0.3 is 0 Å². The second-order valence-corrected chi connectivity index (χ2v) is 4.16. The Bertz CT molecular complexity index is 144. The van der Waals surface area contributed by atoms with Crippen LogP contribution >= 0.6 is 11.8 Å². The Morgan fingerprint density at radius 1 is 1.60 bits per heavy atom. The summed E-state index contributed by atoms with van der Waals surface area (Å²) in [4.78, 5) is 0. The number of nitriles is 1. The fraction of sp³-hybridized carbons (Fsp3) is 0.875. The summed E-state index contributed by atoms with van der Waals surface area (Å²) in [5.41, 5.74) is 0.0840. The third-order valence-electron chi connectivity index (χ3n) is 2.13. The molecule has 1 nitrogen and oxygen atoms in total. The van der Waals surface area contributed by atoms with Crippen LogP contribution in [0.4, 0.5) is 0 Å². The lowest BCUT2D eigenvalue weighted by molar-refractivity contribution is 0.252. The molecule has 0 atom stereocenters. The highest BCUT2D eigenvalue weighted by Crippen LogP contribution is 2.42. The van der Waals surface area contributed by atoms with Gasteiger partial charge in [-0.25, -0.2) is 0 Å². The molecular weight excluding hydrogens is 142 g/mol. The van der Waals surface area contributed by atoms with E-state index in [2.05, 4.69) is 13.0 Å². The van der Waals surface area contributed by atoms with E-state index >= 15 is 0 Å². The molecule has 0 unspecified atom stereocenters. The molecule has 1 fully saturated rings. The fourth-order valence-electron chi connectivity index (χ4n) is 1.19. The topological polar surface area (TPSA) is 23.8 Å². The smallest absolute Gasteiger partial charge is 0.0698 e. The van der Waals surface area contributed by atoms with Crippen LogP contribution in [-0.4, -0.2) is 11.5 Å². The Morgan fingerprint density at radius 2 is 2.30 bits per heavy atom. The van der Waals surface area contributed by atoms with E-state index in [4.69, 9.17) is 5.26 Å². The lowest BCUT2D eigenvalue weighted by atomic mass is 9.72. The third-order valence-corrected chi connectivity index (χ3v) is 3.30. The average molecular weight is 155 g/mol. The lowest BCUT2D eigenvalue weighted by Gasteiger charge is -2.34. The molecule has 56 valence electrons. The van der Waals surface area contributed by atoms with Crippen molar-refractivity contribution in [3.63, 3.8) is 0 Å². The SMILES string of the molecule is CCSCC1(C#N)CCC1. The van der Waals surface area contributed by atoms with Crippen LogP contribution in [0.2, 0.25) is 0 Å². The number of rotatable bonds is 3. The van der Waals surface area contributed by atoms with Crippen molar-refractivity contribution in [2.75, 3.05) is 11.5 Å². The number of nitrogens with zero attached hydrogens (tertiary/aromatic N) is 1. The molecule has 1 aliphatic carbocycles. The van der Waals surface area contributed by atoms with Crippen LogP contribution in [0.5, 0.6) is 0 Å². The Kier molecular flexibility index (Phi) is 2.62. The van der Waals surface area contributed by atoms with E-state index in [0.717, 1.165) is 24.3 Å². The molecule has 0 radical (unpaired) electrons. The summed E-state index contributed by atoms with van der Waals surface area (Å²) in [6, 6.07) is 2.43. The normalized spacial score (nSPS) is 21.2. The molecule has 1 aliphatic rings. The molecule has 0 spiro atoms. The Balaban J connectivity index is 2.29. The standard InChI is InChI=1S/C8H13NS/c1-2-10-7-8(6-9)4-3-5-8/h2-5,7H2,1H3. The highest BCUT2D eigenvalue weighted by Gasteiger charge is 2.36. The minimum atomic E-state index is 0.0840. The van der Waals surface area contributed by atoms with E-state index in [1.807, 2.05) is 11.8 Å². The predicted octanol–water partition coefficient (Wildman–Crippen LogP) is 2.43. The first kappa shape index (κ1) is 7.94. The fourth-order valence-corrected chi connectivity index (χ4v) is 2.14. The largest absolute Gasteiger partial charge is 0.198 e. The van der Waals surface area contributed by atoms with Gasteiger partial charge in [0.2, 0.25) is 0 Å². The van der Waals surface area contributed by atoms with Crippen LogP contribution in [-0.2, 0) is 0 Å². The summed E-state index contributed by atoms with van der Waals surface area (Å²) < 4.78 is 0. The molecule has 0 saturated heterocycles. The first-order valence-corrected chi connectivity index (χ1v) is 4.97. The van der Waals surface area contributed by atoms with Gasteiger partial charge in [-0.05, 0) is 18.6 Å². The van der Waals surface area contributed by atoms with E-state index in [0.29, 0.717) is 0 Å². The van der Waals surface area contributed by atoms with Crippen LogP contribution in [0.1, 0.15) is 26.2 Å². The maximum atomic E-state index is 8.80. The van der Waals surface area contributed by atoms with Gasteiger partial charge in [0, 0.05) is 5.75 Å². The summed E-state index contributed by atoms with van der Waals surface area (Å²) >= 11 is 1.89. The van der Waals surface area contributed by atoms with Crippen molar-refractivity contribution >= 4 is 11.8 Å². The molecule has 0 heterocycles. The summed E-state index contributed by atoms with van der Waals surface area (Å²) in [7, 11) is 0. The van der Waals surface area contributed by atoms with Gasteiger partial charge in [0.25, 0.3) is 0 Å². The van der Waals surface area contributed by atoms with E-state index in [-0.39, 0.29) is 5.41 Å². The average Bonchev–Trinajstić information content (AvgIpc) is 1.87. The van der Waals surface area contributed by atoms with E-state index in [1.54, 1.807) is 0 Å². The van der Waals surface area contributed by atoms with Gasteiger partial charge in [0.1, 0.15) is 0 Å². The van der Waals surface area contributed by atoms with Gasteiger partial charge in [-0.15, -0.1) is 0 Å². The van der Waals surface area contributed by atoms with Crippen molar-refractivity contribution in [1.29, 1.82) is 5.26 Å². The zero-order chi connectivity index (χ0) is 7.45. The maximum Gasteiger partial charge on any atom is 0.0698 e. The van der Waals surface area contributed by atoms with E-state index in [9.17, 15) is 0 Å². The van der Waals surface area contributed by atoms with Crippen molar-refractivity contribution in [3.8, 4) is 6.07 Å². The van der Waals surface area contributed by atoms with Crippen LogP contribution < -0.4 is 0 Å². The number of hydrogen-bond acceptors (Lipinski definition) is 2. The van der Waals surface area contributed by atoms with Crippen molar-refractivity contribution in [3.05, 3.63) is 0 Å². The predicted molar refractivity (Wildman–Crippen MR) is 44.9 cm³/mol. The Hall–Kier alpha value is -0.160. The molecule has 10 heavy (non-hydrogen) atoms. The quantitative estimate of drug-likeness (QED) is 0.625. The maximum absolute atomic E-state index is 8.80. The van der Waals surface area contributed by atoms with Gasteiger partial charge in [0.15, 0.2) is 0 Å². The molecule has 0 bridgehead atoms. The molecule has 0 amide bonds. The lowest BCUT2D eigenvalue weighted by Crippen LogP contribution is -2.30. The molecule has 1 saturated carbocycles. The second-order valence-electron chi connectivity index (χ2n) is 2.88. The van der Waals surface area contributed by atoms with Gasteiger partial charge in [-0.1, -0.05) is 13.3 Å². The third kappa shape index (κ3) is 1.46. The van der Waals surface area contributed by atoms with E-state index < -0.39 is 0 Å². The summed E-state index contributed by atoms with van der Waals surface area (Å²) in [5.74, 6) is 2.20. The summed E-state index contributed by atoms with van der Waals surface area (Å²) in [6.07, 6.45) is 3.53. The monoisotopic (exact) mass is 155 g/mol. The van der Waals surface area contributed by atoms with E-state index in [1.165, 1.54) is 6.42 Å². The van der Waals surface area contributed by atoms with Crippen LogP contribution in [0.15, 0.2) is 0 Å². The first-order chi connectivity index (χ1) is 4.83. The molecule has 2 heteroatoms. The Labute approximate surface area is 66.8 Å². The summed E-state index contributed by atoms with van der Waals surface area (Å²) in [6.45, 7) is 2.15. The van der Waals surface area contributed by atoms with Gasteiger partial charge >= 0.3 is 0 Å². The first-order valence-electron chi connectivity index (χ1n) is 3.82. The van der Waals surface area contributed by atoms with Crippen molar-refractivity contribution in [1.82, 2.24) is 0 Å². The van der Waals surface area contributed by atoms with Gasteiger partial charge in [-0.3, -0.25) is 0 Å². The number of hydrogen-bond donors (Lipinski definition) is 0. The molecule has 0 aliphatic heterocycles. The van der Waals surface area contributed by atoms with Gasteiger partial charge in [0.05, 0.1) is 11.5 Å². The van der Waals surface area contributed by atoms with Crippen molar-refractivity contribution in [2.45, 2.75) is 26.2 Å². The minimum Gasteiger partial charge on any atom is -0.198 e. The van der Waals surface area contributed by atoms with Gasteiger partial charge in [-0.2, -0.15) is 17.0 Å². The highest BCUT2D eigenvalue weighted by molar-refractivity contribution is 7.99. The highest BCUT2D eigenvalue weighted by atomic mass is 32.2. The zero-order valence-electron chi connectivity index (χ0n) is 6.39. The number of thioether (sulfide) groups is 1. The van der Waals surface area contributed by atoms with Crippen molar-refractivity contribution < 1.29 is 0 Å². The molecule has 0 N–H and O–H groups in total. The molecule has 0 aromatic heterocycles. The molecular formula is C8H13NS. The molecule has 1 rings (SSSR count). The minimum absolute atomic E-state index is 0.0840. The summed E-state index contributed by atoms with van der Waals surface area (Å²) in [5, 5.41) is 8.80. The van der Waals surface area contributed by atoms with Crippen molar-refractivity contribution in [2.24, 2.45) is 5.41 Å². The van der Waals surface area contributed by atoms with Crippen LogP contribution in [0, 0.1) is 16.7 Å².